The number of amides is 1. The van der Waals surface area contributed by atoms with Crippen LogP contribution in [0.3, 0.4) is 0 Å². The number of pyridine rings is 1. The molecule has 3 rings (SSSR count). The molecule has 152 valence electrons. The lowest BCUT2D eigenvalue weighted by atomic mass is 9.86. The summed E-state index contributed by atoms with van der Waals surface area (Å²) in [5.41, 5.74) is 6.69. The molecule has 1 aliphatic rings. The van der Waals surface area contributed by atoms with Gasteiger partial charge in [0.2, 0.25) is 0 Å². The van der Waals surface area contributed by atoms with Crippen LogP contribution in [0.4, 0.5) is 0 Å². The summed E-state index contributed by atoms with van der Waals surface area (Å²) in [5, 5.41) is 10.4. The van der Waals surface area contributed by atoms with Crippen LogP contribution in [0, 0.1) is 11.3 Å². The van der Waals surface area contributed by atoms with E-state index in [9.17, 15) is 14.4 Å². The van der Waals surface area contributed by atoms with Crippen LogP contribution in [-0.4, -0.2) is 35.4 Å². The molecule has 1 amide bonds. The molecule has 0 aliphatic heterocycles. The van der Waals surface area contributed by atoms with Crippen molar-refractivity contribution in [1.82, 2.24) is 9.88 Å². The number of methoxy groups -OCH3 is 1. The van der Waals surface area contributed by atoms with E-state index in [-0.39, 0.29) is 35.2 Å². The maximum absolute atomic E-state index is 12.7. The first-order chi connectivity index (χ1) is 13.9. The Hall–Kier alpha value is -3.42. The second kappa shape index (κ2) is 8.72. The molecule has 1 aromatic heterocycles. The summed E-state index contributed by atoms with van der Waals surface area (Å²) in [4.78, 5) is 36.5. The molecule has 0 atom stereocenters. The van der Waals surface area contributed by atoms with Gasteiger partial charge >= 0.3 is 5.97 Å². The zero-order valence-corrected chi connectivity index (χ0v) is 16.2. The number of nitrogens with one attached hydrogen (secondary N) is 2. The molecule has 1 aromatic carbocycles. The van der Waals surface area contributed by atoms with Gasteiger partial charge in [0.15, 0.2) is 0 Å². The van der Waals surface area contributed by atoms with Gasteiger partial charge in [0, 0.05) is 29.6 Å². The van der Waals surface area contributed by atoms with Gasteiger partial charge in [0.05, 0.1) is 18.6 Å². The Morgan fingerprint density at radius 3 is 2.28 bits per heavy atom. The maximum Gasteiger partial charge on any atom is 0.308 e. The highest BCUT2D eigenvalue weighted by Gasteiger charge is 2.27. The summed E-state index contributed by atoms with van der Waals surface area (Å²) in [6, 6.07) is 9.48. The third-order valence-corrected chi connectivity index (χ3v) is 5.23. The van der Waals surface area contributed by atoms with Gasteiger partial charge in [-0.25, -0.2) is 0 Å². The number of carbonyl (C=O) groups excluding carboxylic acids is 2. The van der Waals surface area contributed by atoms with Crippen molar-refractivity contribution in [3.8, 4) is 5.69 Å². The molecular formula is C21H24N4O4. The molecule has 0 spiro atoms. The van der Waals surface area contributed by atoms with E-state index in [0.717, 1.165) is 0 Å². The third kappa shape index (κ3) is 4.71. The lowest BCUT2D eigenvalue weighted by Gasteiger charge is -2.27. The van der Waals surface area contributed by atoms with Crippen molar-refractivity contribution in [2.24, 2.45) is 11.7 Å². The van der Waals surface area contributed by atoms with Gasteiger partial charge in [-0.15, -0.1) is 0 Å². The van der Waals surface area contributed by atoms with Crippen LogP contribution in [0.1, 0.15) is 41.6 Å². The fourth-order valence-electron chi connectivity index (χ4n) is 3.53. The Labute approximate surface area is 168 Å². The van der Waals surface area contributed by atoms with Gasteiger partial charge in [-0.3, -0.25) is 24.4 Å². The molecule has 1 aliphatic carbocycles. The number of nitrogens with zero attached hydrogens (tertiary/aromatic N) is 1. The van der Waals surface area contributed by atoms with Crippen molar-refractivity contribution in [3.63, 3.8) is 0 Å². The van der Waals surface area contributed by atoms with Gasteiger partial charge in [-0.2, -0.15) is 0 Å². The summed E-state index contributed by atoms with van der Waals surface area (Å²) in [6.07, 6.45) is 4.27. The van der Waals surface area contributed by atoms with E-state index in [1.165, 1.54) is 30.0 Å². The first kappa shape index (κ1) is 20.3. The highest BCUT2D eigenvalue weighted by Crippen LogP contribution is 2.25. The van der Waals surface area contributed by atoms with Crippen molar-refractivity contribution in [3.05, 3.63) is 64.1 Å². The van der Waals surface area contributed by atoms with Gasteiger partial charge in [0.1, 0.15) is 5.84 Å². The molecule has 0 bridgehead atoms. The molecule has 8 heteroatoms. The topological polar surface area (TPSA) is 127 Å². The van der Waals surface area contributed by atoms with Crippen molar-refractivity contribution in [2.75, 3.05) is 7.11 Å². The zero-order chi connectivity index (χ0) is 21.0. The van der Waals surface area contributed by atoms with Gasteiger partial charge in [0.25, 0.3) is 11.5 Å². The number of amidine groups is 1. The van der Waals surface area contributed by atoms with E-state index < -0.39 is 0 Å². The van der Waals surface area contributed by atoms with Crippen molar-refractivity contribution >= 4 is 17.7 Å². The van der Waals surface area contributed by atoms with E-state index in [2.05, 4.69) is 5.32 Å². The Morgan fingerprint density at radius 1 is 1.07 bits per heavy atom. The molecular weight excluding hydrogens is 372 g/mol. The molecule has 1 fully saturated rings. The number of esters is 1. The van der Waals surface area contributed by atoms with E-state index in [1.807, 2.05) is 0 Å². The van der Waals surface area contributed by atoms with Crippen LogP contribution in [0.25, 0.3) is 5.69 Å². The normalized spacial score (nSPS) is 18.7. The number of nitrogen functional groups attached to an aromatic ring is 1. The summed E-state index contributed by atoms with van der Waals surface area (Å²) in [6.45, 7) is 0. The standard InChI is InChI=1S/C21H24N4O4/c1-29-21(28)14-2-7-16(8-3-14)24-20(27)15-6-11-18(26)25(12-15)17-9-4-13(5-10-17)19(22)23/h4-6,9-12,14,16H,2-3,7-8H2,1H3,(H3,22,23)(H,24,27). The molecule has 0 radical (unpaired) electrons. The number of rotatable bonds is 5. The number of hydrogen-bond acceptors (Lipinski definition) is 5. The first-order valence-electron chi connectivity index (χ1n) is 9.45. The minimum Gasteiger partial charge on any atom is -0.469 e. The summed E-state index contributed by atoms with van der Waals surface area (Å²) >= 11 is 0. The molecule has 1 saturated carbocycles. The van der Waals surface area contributed by atoms with E-state index in [0.29, 0.717) is 42.5 Å². The second-order valence-electron chi connectivity index (χ2n) is 7.13. The van der Waals surface area contributed by atoms with Gasteiger partial charge in [-0.05, 0) is 56.0 Å². The number of hydrogen-bond donors (Lipinski definition) is 3. The van der Waals surface area contributed by atoms with E-state index >= 15 is 0 Å². The molecule has 29 heavy (non-hydrogen) atoms. The van der Waals surface area contributed by atoms with Crippen molar-refractivity contribution in [1.29, 1.82) is 5.41 Å². The summed E-state index contributed by atoms with van der Waals surface area (Å²) in [5.74, 6) is -0.620. The van der Waals surface area contributed by atoms with Crippen LogP contribution >= 0.6 is 0 Å². The number of benzene rings is 1. The average molecular weight is 396 g/mol. The van der Waals surface area contributed by atoms with Crippen LogP contribution in [-0.2, 0) is 9.53 Å². The lowest BCUT2D eigenvalue weighted by Crippen LogP contribution is -2.39. The average Bonchev–Trinajstić information content (AvgIpc) is 2.74. The summed E-state index contributed by atoms with van der Waals surface area (Å²) in [7, 11) is 1.39. The van der Waals surface area contributed by atoms with Crippen LogP contribution in [0.2, 0.25) is 0 Å². The molecule has 2 aromatic rings. The highest BCUT2D eigenvalue weighted by molar-refractivity contribution is 5.95. The number of nitrogens with two attached hydrogens (primary N) is 1. The summed E-state index contributed by atoms with van der Waals surface area (Å²) < 4.78 is 6.17. The van der Waals surface area contributed by atoms with E-state index in [1.54, 1.807) is 24.3 Å². The van der Waals surface area contributed by atoms with Crippen LogP contribution in [0.15, 0.2) is 47.4 Å². The van der Waals surface area contributed by atoms with Crippen LogP contribution in [0.5, 0.6) is 0 Å². The number of ether oxygens (including phenoxy) is 1. The lowest BCUT2D eigenvalue weighted by molar-refractivity contribution is -0.146. The fraction of sp³-hybridized carbons (Fsp3) is 0.333. The first-order valence-corrected chi connectivity index (χ1v) is 9.45. The second-order valence-corrected chi connectivity index (χ2v) is 7.13. The smallest absolute Gasteiger partial charge is 0.308 e. The largest absolute Gasteiger partial charge is 0.469 e. The van der Waals surface area contributed by atoms with Crippen LogP contribution < -0.4 is 16.6 Å². The van der Waals surface area contributed by atoms with Gasteiger partial charge in [-0.1, -0.05) is 0 Å². The quantitative estimate of drug-likeness (QED) is 0.402. The van der Waals surface area contributed by atoms with Crippen molar-refractivity contribution in [2.45, 2.75) is 31.7 Å². The Balaban J connectivity index is 1.71. The minimum atomic E-state index is -0.268. The molecule has 0 saturated heterocycles. The Kier molecular flexibility index (Phi) is 6.11. The van der Waals surface area contributed by atoms with Crippen molar-refractivity contribution < 1.29 is 14.3 Å². The Bertz CT molecular complexity index is 973. The number of carbonyl (C=O) groups is 2. The third-order valence-electron chi connectivity index (χ3n) is 5.23. The highest BCUT2D eigenvalue weighted by atomic mass is 16.5. The molecule has 8 nitrogen and oxygen atoms in total. The molecule has 0 unspecified atom stereocenters. The monoisotopic (exact) mass is 396 g/mol. The zero-order valence-electron chi connectivity index (χ0n) is 16.2. The number of aromatic nitrogens is 1. The van der Waals surface area contributed by atoms with Gasteiger partial charge < -0.3 is 15.8 Å². The van der Waals surface area contributed by atoms with E-state index in [4.69, 9.17) is 15.9 Å². The molecule has 4 N–H and O–H groups in total. The Morgan fingerprint density at radius 2 is 1.69 bits per heavy atom. The predicted molar refractivity (Wildman–Crippen MR) is 108 cm³/mol. The molecule has 1 heterocycles. The predicted octanol–water partition coefficient (Wildman–Crippen LogP) is 1.58. The minimum absolute atomic E-state index is 0.0152. The fourth-order valence-corrected chi connectivity index (χ4v) is 3.53. The maximum atomic E-state index is 12.7. The SMILES string of the molecule is COC(=O)C1CCC(NC(=O)c2ccc(=O)n(-c3ccc(C(=N)N)cc3)c2)CC1.